The molecule has 4 aliphatic carbocycles. The van der Waals surface area contributed by atoms with Gasteiger partial charge in [-0.2, -0.15) is 0 Å². The Bertz CT molecular complexity index is 441. The van der Waals surface area contributed by atoms with Crippen LogP contribution in [0.25, 0.3) is 0 Å². The Hall–Kier alpha value is -1.32. The molecule has 19 heavy (non-hydrogen) atoms. The first-order chi connectivity index (χ1) is 8.97. The Labute approximate surface area is 112 Å². The first kappa shape index (κ1) is 12.7. The van der Waals surface area contributed by atoms with Gasteiger partial charge in [0.2, 0.25) is 0 Å². The summed E-state index contributed by atoms with van der Waals surface area (Å²) in [6, 6.07) is 0. The fourth-order valence-electron chi connectivity index (χ4n) is 4.65. The van der Waals surface area contributed by atoms with Crippen molar-refractivity contribution in [3.63, 3.8) is 0 Å². The average molecular weight is 264 g/mol. The third-order valence-corrected chi connectivity index (χ3v) is 5.22. The maximum Gasteiger partial charge on any atom is 0.333 e. The topological polar surface area (TPSA) is 63.6 Å². The third kappa shape index (κ3) is 1.97. The molecule has 0 amide bonds. The second kappa shape index (κ2) is 4.36. The van der Waals surface area contributed by atoms with Gasteiger partial charge in [-0.25, -0.2) is 4.79 Å². The van der Waals surface area contributed by atoms with Gasteiger partial charge in [0.05, 0.1) is 5.92 Å². The van der Waals surface area contributed by atoms with E-state index in [-0.39, 0.29) is 23.9 Å². The van der Waals surface area contributed by atoms with Gasteiger partial charge in [-0.15, -0.1) is 0 Å². The predicted molar refractivity (Wildman–Crippen MR) is 68.2 cm³/mol. The van der Waals surface area contributed by atoms with Crippen LogP contribution in [0.2, 0.25) is 0 Å². The molecule has 1 N–H and O–H groups in total. The van der Waals surface area contributed by atoms with Crippen molar-refractivity contribution in [1.82, 2.24) is 0 Å². The van der Waals surface area contributed by atoms with Crippen molar-refractivity contribution < 1.29 is 19.4 Å². The quantitative estimate of drug-likeness (QED) is 0.627. The largest absolute Gasteiger partial charge is 0.481 e. The molecular formula is C15H20O4. The molecule has 4 saturated carbocycles. The highest BCUT2D eigenvalue weighted by Crippen LogP contribution is 2.57. The van der Waals surface area contributed by atoms with Crippen LogP contribution in [0.5, 0.6) is 0 Å². The number of hydrogen-bond acceptors (Lipinski definition) is 3. The van der Waals surface area contributed by atoms with Crippen molar-refractivity contribution in [3.8, 4) is 0 Å². The lowest BCUT2D eigenvalue weighted by Crippen LogP contribution is -2.56. The van der Waals surface area contributed by atoms with Crippen LogP contribution in [0.15, 0.2) is 12.2 Å². The summed E-state index contributed by atoms with van der Waals surface area (Å²) in [4.78, 5) is 23.2. The molecule has 4 aliphatic rings. The van der Waals surface area contributed by atoms with E-state index in [1.165, 1.54) is 0 Å². The Morgan fingerprint density at radius 3 is 2.47 bits per heavy atom. The standard InChI is InChI=1S/C15H20O4/c1-7(2)15(18)19-13-10-4-8-3-9(6-10)12(14(16)17)11(13)5-8/h8-13H,1,3-6H2,2H3,(H,16,17). The van der Waals surface area contributed by atoms with Crippen molar-refractivity contribution in [2.24, 2.45) is 29.6 Å². The van der Waals surface area contributed by atoms with Gasteiger partial charge in [0.15, 0.2) is 0 Å². The number of rotatable bonds is 3. The van der Waals surface area contributed by atoms with E-state index in [9.17, 15) is 14.7 Å². The minimum Gasteiger partial charge on any atom is -0.481 e. The Balaban J connectivity index is 1.83. The summed E-state index contributed by atoms with van der Waals surface area (Å²) in [7, 11) is 0. The molecule has 0 spiro atoms. The maximum absolute atomic E-state index is 11.7. The van der Waals surface area contributed by atoms with Crippen LogP contribution in [0.1, 0.15) is 32.6 Å². The molecule has 0 saturated heterocycles. The van der Waals surface area contributed by atoms with Gasteiger partial charge in [-0.3, -0.25) is 4.79 Å². The fraction of sp³-hybridized carbons (Fsp3) is 0.733. The summed E-state index contributed by atoms with van der Waals surface area (Å²) < 4.78 is 5.57. The number of esters is 1. The lowest BCUT2D eigenvalue weighted by molar-refractivity contribution is -0.187. The lowest BCUT2D eigenvalue weighted by atomic mass is 9.50. The van der Waals surface area contributed by atoms with Crippen LogP contribution >= 0.6 is 0 Å². The number of ether oxygens (including phenoxy) is 1. The molecule has 6 unspecified atom stereocenters. The van der Waals surface area contributed by atoms with Crippen molar-refractivity contribution in [1.29, 1.82) is 0 Å². The van der Waals surface area contributed by atoms with E-state index in [0.29, 0.717) is 23.3 Å². The normalized spacial score (nSPS) is 43.0. The lowest BCUT2D eigenvalue weighted by Gasteiger charge is -2.56. The van der Waals surface area contributed by atoms with Gasteiger partial charge in [-0.05, 0) is 50.4 Å². The molecule has 4 bridgehead atoms. The van der Waals surface area contributed by atoms with Crippen molar-refractivity contribution in [2.75, 3.05) is 0 Å². The molecule has 4 fully saturated rings. The van der Waals surface area contributed by atoms with Crippen LogP contribution in [0.3, 0.4) is 0 Å². The Kier molecular flexibility index (Phi) is 2.91. The second-order valence-corrected chi connectivity index (χ2v) is 6.51. The van der Waals surface area contributed by atoms with Crippen molar-refractivity contribution in [3.05, 3.63) is 12.2 Å². The number of carbonyl (C=O) groups excluding carboxylic acids is 1. The van der Waals surface area contributed by atoms with Crippen LogP contribution < -0.4 is 0 Å². The number of aliphatic carboxylic acids is 1. The molecule has 0 heterocycles. The van der Waals surface area contributed by atoms with Crippen LogP contribution in [-0.4, -0.2) is 23.1 Å². The van der Waals surface area contributed by atoms with E-state index in [0.717, 1.165) is 25.7 Å². The summed E-state index contributed by atoms with van der Waals surface area (Å²) in [5, 5.41) is 9.45. The maximum atomic E-state index is 11.7. The zero-order valence-electron chi connectivity index (χ0n) is 11.2. The Morgan fingerprint density at radius 2 is 1.84 bits per heavy atom. The van der Waals surface area contributed by atoms with E-state index < -0.39 is 5.97 Å². The number of carboxylic acid groups (broad SMARTS) is 1. The zero-order chi connectivity index (χ0) is 13.7. The fourth-order valence-corrected chi connectivity index (χ4v) is 4.65. The van der Waals surface area contributed by atoms with Gasteiger partial charge in [0.25, 0.3) is 0 Å². The van der Waals surface area contributed by atoms with E-state index in [2.05, 4.69) is 6.58 Å². The van der Waals surface area contributed by atoms with Gasteiger partial charge >= 0.3 is 11.9 Å². The first-order valence-electron chi connectivity index (χ1n) is 7.06. The smallest absolute Gasteiger partial charge is 0.333 e. The van der Waals surface area contributed by atoms with Gasteiger partial charge in [0.1, 0.15) is 6.10 Å². The summed E-state index contributed by atoms with van der Waals surface area (Å²) in [5.41, 5.74) is 0.390. The monoisotopic (exact) mass is 264 g/mol. The molecule has 0 aromatic heterocycles. The summed E-state index contributed by atoms with van der Waals surface area (Å²) in [6.07, 6.45) is 3.73. The highest BCUT2D eigenvalue weighted by molar-refractivity contribution is 5.87. The first-order valence-corrected chi connectivity index (χ1v) is 7.06. The molecule has 0 aromatic carbocycles. The molecule has 104 valence electrons. The van der Waals surface area contributed by atoms with Crippen molar-refractivity contribution in [2.45, 2.75) is 38.7 Å². The van der Waals surface area contributed by atoms with Crippen LogP contribution in [-0.2, 0) is 14.3 Å². The SMILES string of the molecule is C=C(C)C(=O)OC1C2CC3CC(C2)C(C(=O)O)C1C3. The van der Waals surface area contributed by atoms with Gasteiger partial charge in [-0.1, -0.05) is 6.58 Å². The van der Waals surface area contributed by atoms with Crippen molar-refractivity contribution >= 4 is 11.9 Å². The Morgan fingerprint density at radius 1 is 1.16 bits per heavy atom. The third-order valence-electron chi connectivity index (χ3n) is 5.22. The molecule has 0 radical (unpaired) electrons. The van der Waals surface area contributed by atoms with Crippen LogP contribution in [0.4, 0.5) is 0 Å². The summed E-state index contributed by atoms with van der Waals surface area (Å²) >= 11 is 0. The molecule has 4 rings (SSSR count). The zero-order valence-corrected chi connectivity index (χ0v) is 11.2. The number of carbonyl (C=O) groups is 2. The summed E-state index contributed by atoms with van der Waals surface area (Å²) in [6.45, 7) is 5.23. The second-order valence-electron chi connectivity index (χ2n) is 6.51. The van der Waals surface area contributed by atoms with Crippen LogP contribution in [0, 0.1) is 29.6 Å². The highest BCUT2D eigenvalue weighted by atomic mass is 16.5. The van der Waals surface area contributed by atoms with Gasteiger partial charge < -0.3 is 9.84 Å². The van der Waals surface area contributed by atoms with Gasteiger partial charge in [0, 0.05) is 11.5 Å². The highest BCUT2D eigenvalue weighted by Gasteiger charge is 2.57. The predicted octanol–water partition coefficient (Wildman–Crippen LogP) is 2.24. The number of carboxylic acids is 1. The molecule has 0 aliphatic heterocycles. The molecule has 4 nitrogen and oxygen atoms in total. The average Bonchev–Trinajstić information content (AvgIpc) is 2.32. The number of hydrogen-bond donors (Lipinski definition) is 1. The molecule has 0 aromatic rings. The van der Waals surface area contributed by atoms with E-state index in [4.69, 9.17) is 4.74 Å². The summed E-state index contributed by atoms with van der Waals surface area (Å²) in [5.74, 6) is -0.107. The van der Waals surface area contributed by atoms with E-state index in [1.54, 1.807) is 6.92 Å². The minimum atomic E-state index is -0.717. The minimum absolute atomic E-state index is 0.0112. The van der Waals surface area contributed by atoms with E-state index >= 15 is 0 Å². The van der Waals surface area contributed by atoms with E-state index in [1.807, 2.05) is 0 Å². The molecule has 6 atom stereocenters. The molecule has 4 heteroatoms. The molecular weight excluding hydrogens is 244 g/mol.